The summed E-state index contributed by atoms with van der Waals surface area (Å²) >= 11 is 0. The molecular weight excluding hydrogens is 178 g/mol. The van der Waals surface area contributed by atoms with E-state index in [9.17, 15) is 5.11 Å². The van der Waals surface area contributed by atoms with Crippen molar-refractivity contribution >= 4 is 5.95 Å². The minimum absolute atomic E-state index is 0.216. The molecule has 1 aromatic rings. The molecule has 2 heterocycles. The van der Waals surface area contributed by atoms with Gasteiger partial charge in [-0.05, 0) is 12.3 Å². The van der Waals surface area contributed by atoms with Crippen molar-refractivity contribution in [2.24, 2.45) is 13.0 Å². The van der Waals surface area contributed by atoms with Crippen molar-refractivity contribution in [3.63, 3.8) is 0 Å². The van der Waals surface area contributed by atoms with Crippen LogP contribution in [0.15, 0.2) is 12.4 Å². The van der Waals surface area contributed by atoms with E-state index in [1.54, 1.807) is 6.20 Å². The zero-order valence-corrected chi connectivity index (χ0v) is 8.72. The minimum Gasteiger partial charge on any atom is -0.394 e. The molecule has 2 atom stereocenters. The Morgan fingerprint density at radius 2 is 2.43 bits per heavy atom. The molecule has 4 heteroatoms. The highest BCUT2D eigenvalue weighted by Crippen LogP contribution is 2.27. The summed E-state index contributed by atoms with van der Waals surface area (Å²) in [5.41, 5.74) is 0. The van der Waals surface area contributed by atoms with Crippen molar-refractivity contribution in [1.29, 1.82) is 0 Å². The second kappa shape index (κ2) is 3.61. The van der Waals surface area contributed by atoms with E-state index in [-0.39, 0.29) is 12.6 Å². The van der Waals surface area contributed by atoms with Crippen LogP contribution in [0.1, 0.15) is 13.3 Å². The van der Waals surface area contributed by atoms with Gasteiger partial charge < -0.3 is 14.6 Å². The Labute approximate surface area is 84.2 Å². The van der Waals surface area contributed by atoms with E-state index >= 15 is 0 Å². The van der Waals surface area contributed by atoms with Gasteiger partial charge in [0.1, 0.15) is 0 Å². The van der Waals surface area contributed by atoms with Crippen LogP contribution in [0.3, 0.4) is 0 Å². The smallest absolute Gasteiger partial charge is 0.205 e. The van der Waals surface area contributed by atoms with Crippen molar-refractivity contribution in [2.75, 3.05) is 18.1 Å². The monoisotopic (exact) mass is 195 g/mol. The highest BCUT2D eigenvalue weighted by molar-refractivity contribution is 5.35. The van der Waals surface area contributed by atoms with E-state index in [0.29, 0.717) is 5.92 Å². The largest absolute Gasteiger partial charge is 0.394 e. The lowest BCUT2D eigenvalue weighted by Crippen LogP contribution is -2.36. The molecule has 0 saturated carbocycles. The van der Waals surface area contributed by atoms with Crippen molar-refractivity contribution in [3.05, 3.63) is 12.4 Å². The average molecular weight is 195 g/mol. The summed E-state index contributed by atoms with van der Waals surface area (Å²) < 4.78 is 2.00. The third kappa shape index (κ3) is 1.39. The SMILES string of the molecule is CC1CCN(c2nccn2C)C1CO. The van der Waals surface area contributed by atoms with Crippen molar-refractivity contribution in [2.45, 2.75) is 19.4 Å². The first kappa shape index (κ1) is 9.52. The molecule has 1 aromatic heterocycles. The van der Waals surface area contributed by atoms with E-state index in [1.165, 1.54) is 0 Å². The molecule has 78 valence electrons. The van der Waals surface area contributed by atoms with Crippen molar-refractivity contribution in [3.8, 4) is 0 Å². The van der Waals surface area contributed by atoms with Crippen LogP contribution in [0.2, 0.25) is 0 Å². The van der Waals surface area contributed by atoms with Gasteiger partial charge >= 0.3 is 0 Å². The highest BCUT2D eigenvalue weighted by Gasteiger charge is 2.32. The molecule has 1 aliphatic heterocycles. The van der Waals surface area contributed by atoms with Gasteiger partial charge in [0, 0.05) is 26.0 Å². The van der Waals surface area contributed by atoms with Gasteiger partial charge in [-0.2, -0.15) is 0 Å². The Balaban J connectivity index is 2.23. The van der Waals surface area contributed by atoms with Crippen LogP contribution in [-0.4, -0.2) is 33.9 Å². The molecule has 1 fully saturated rings. The van der Waals surface area contributed by atoms with Crippen LogP contribution in [0.5, 0.6) is 0 Å². The zero-order valence-electron chi connectivity index (χ0n) is 8.72. The van der Waals surface area contributed by atoms with Gasteiger partial charge in [0.25, 0.3) is 0 Å². The fourth-order valence-electron chi connectivity index (χ4n) is 2.17. The lowest BCUT2D eigenvalue weighted by Gasteiger charge is -2.25. The molecule has 0 aromatic carbocycles. The summed E-state index contributed by atoms with van der Waals surface area (Å²) in [6, 6.07) is 0.232. The molecular formula is C10H17N3O. The van der Waals surface area contributed by atoms with Gasteiger partial charge in [-0.25, -0.2) is 4.98 Å². The minimum atomic E-state index is 0.216. The first-order valence-electron chi connectivity index (χ1n) is 5.09. The van der Waals surface area contributed by atoms with Crippen LogP contribution in [0, 0.1) is 5.92 Å². The van der Waals surface area contributed by atoms with E-state index in [2.05, 4.69) is 16.8 Å². The number of aryl methyl sites for hydroxylation is 1. The first-order valence-corrected chi connectivity index (χ1v) is 5.09. The summed E-state index contributed by atoms with van der Waals surface area (Å²) in [5, 5.41) is 9.32. The van der Waals surface area contributed by atoms with E-state index in [4.69, 9.17) is 0 Å². The maximum atomic E-state index is 9.32. The zero-order chi connectivity index (χ0) is 10.1. The Kier molecular flexibility index (Phi) is 2.46. The number of nitrogens with zero attached hydrogens (tertiary/aromatic N) is 3. The van der Waals surface area contributed by atoms with Crippen LogP contribution in [0.4, 0.5) is 5.95 Å². The highest BCUT2D eigenvalue weighted by atomic mass is 16.3. The lowest BCUT2D eigenvalue weighted by atomic mass is 10.0. The number of hydrogen-bond donors (Lipinski definition) is 1. The molecule has 0 radical (unpaired) electrons. The molecule has 14 heavy (non-hydrogen) atoms. The van der Waals surface area contributed by atoms with Gasteiger partial charge in [-0.3, -0.25) is 0 Å². The topological polar surface area (TPSA) is 41.3 Å². The predicted octanol–water partition coefficient (Wildman–Crippen LogP) is 0.627. The van der Waals surface area contributed by atoms with Crippen LogP contribution >= 0.6 is 0 Å². The number of rotatable bonds is 2. The molecule has 2 unspecified atom stereocenters. The van der Waals surface area contributed by atoms with Gasteiger partial charge in [0.05, 0.1) is 12.6 Å². The van der Waals surface area contributed by atoms with E-state index < -0.39 is 0 Å². The number of aromatic nitrogens is 2. The second-order valence-corrected chi connectivity index (χ2v) is 4.05. The van der Waals surface area contributed by atoms with Gasteiger partial charge in [0.2, 0.25) is 5.95 Å². The van der Waals surface area contributed by atoms with E-state index in [1.807, 2.05) is 17.8 Å². The molecule has 2 rings (SSSR count). The summed E-state index contributed by atoms with van der Waals surface area (Å²) in [6.07, 6.45) is 4.87. The summed E-state index contributed by atoms with van der Waals surface area (Å²) in [7, 11) is 1.99. The number of anilines is 1. The molecule has 0 bridgehead atoms. The molecule has 0 aliphatic carbocycles. The Morgan fingerprint density at radius 1 is 1.64 bits per heavy atom. The molecule has 4 nitrogen and oxygen atoms in total. The van der Waals surface area contributed by atoms with Gasteiger partial charge in [-0.15, -0.1) is 0 Å². The number of hydrogen-bond acceptors (Lipinski definition) is 3. The van der Waals surface area contributed by atoms with Gasteiger partial charge in [-0.1, -0.05) is 6.92 Å². The average Bonchev–Trinajstić information content (AvgIpc) is 2.71. The third-order valence-electron chi connectivity index (χ3n) is 3.12. The first-order chi connectivity index (χ1) is 6.74. The Hall–Kier alpha value is -1.03. The third-order valence-corrected chi connectivity index (χ3v) is 3.12. The summed E-state index contributed by atoms with van der Waals surface area (Å²) in [6.45, 7) is 3.40. The Bertz CT molecular complexity index is 310. The second-order valence-electron chi connectivity index (χ2n) is 4.05. The normalized spacial score (nSPS) is 27.2. The maximum absolute atomic E-state index is 9.32. The van der Waals surface area contributed by atoms with Crippen LogP contribution in [-0.2, 0) is 7.05 Å². The molecule has 1 saturated heterocycles. The Morgan fingerprint density at radius 3 is 3.00 bits per heavy atom. The summed E-state index contributed by atoms with van der Waals surface area (Å²) in [5.74, 6) is 1.52. The van der Waals surface area contributed by atoms with Gasteiger partial charge in [0.15, 0.2) is 0 Å². The molecule has 0 spiro atoms. The van der Waals surface area contributed by atoms with Crippen LogP contribution in [0.25, 0.3) is 0 Å². The predicted molar refractivity (Wildman–Crippen MR) is 55.2 cm³/mol. The molecule has 1 N–H and O–H groups in total. The fraction of sp³-hybridized carbons (Fsp3) is 0.700. The van der Waals surface area contributed by atoms with Crippen LogP contribution < -0.4 is 4.90 Å². The molecule has 1 aliphatic rings. The lowest BCUT2D eigenvalue weighted by molar-refractivity contribution is 0.243. The van der Waals surface area contributed by atoms with Crippen molar-refractivity contribution in [1.82, 2.24) is 9.55 Å². The van der Waals surface area contributed by atoms with E-state index in [0.717, 1.165) is 18.9 Å². The number of aliphatic hydroxyl groups is 1. The van der Waals surface area contributed by atoms with Crippen molar-refractivity contribution < 1.29 is 5.11 Å². The molecule has 0 amide bonds. The standard InChI is InChI=1S/C10H17N3O/c1-8-3-5-13(9(8)7-14)10-11-4-6-12(10)2/h4,6,8-9,14H,3,5,7H2,1-2H3. The fourth-order valence-corrected chi connectivity index (χ4v) is 2.17. The number of aliphatic hydroxyl groups excluding tert-OH is 1. The maximum Gasteiger partial charge on any atom is 0.205 e. The summed E-state index contributed by atoms with van der Waals surface area (Å²) in [4.78, 5) is 6.51. The number of imidazole rings is 1. The quantitative estimate of drug-likeness (QED) is 0.752.